The number of thioether (sulfide) groups is 1. The van der Waals surface area contributed by atoms with Gasteiger partial charge in [-0.15, -0.1) is 0 Å². The number of nitrogens with zero attached hydrogens (tertiary/aromatic N) is 2. The number of hydrogen-bond donors (Lipinski definition) is 1. The summed E-state index contributed by atoms with van der Waals surface area (Å²) in [4.78, 5) is 6.90. The lowest BCUT2D eigenvalue weighted by Crippen LogP contribution is -2.36. The lowest BCUT2D eigenvalue weighted by atomic mass is 10.3. The van der Waals surface area contributed by atoms with Crippen molar-refractivity contribution in [3.05, 3.63) is 0 Å². The van der Waals surface area contributed by atoms with Crippen molar-refractivity contribution in [1.82, 2.24) is 10.2 Å². The molecule has 0 amide bonds. The number of hydrogen-bond acceptors (Lipinski definition) is 3. The molecule has 1 aliphatic heterocycles. The molecule has 88 valence electrons. The third kappa shape index (κ3) is 4.89. The molecule has 0 aromatic carbocycles. The molecule has 0 radical (unpaired) electrons. The van der Waals surface area contributed by atoms with Gasteiger partial charge < -0.3 is 10.2 Å². The van der Waals surface area contributed by atoms with E-state index in [4.69, 9.17) is 0 Å². The highest BCUT2D eigenvalue weighted by molar-refractivity contribution is 8.13. The van der Waals surface area contributed by atoms with Gasteiger partial charge in [-0.1, -0.05) is 11.8 Å². The van der Waals surface area contributed by atoms with Crippen molar-refractivity contribution < 1.29 is 0 Å². The third-order valence-electron chi connectivity index (χ3n) is 2.75. The van der Waals surface area contributed by atoms with Gasteiger partial charge in [0.05, 0.1) is 6.54 Å². The van der Waals surface area contributed by atoms with Crippen LogP contribution in [0.3, 0.4) is 0 Å². The van der Waals surface area contributed by atoms with Crippen molar-refractivity contribution in [2.75, 3.05) is 25.9 Å². The zero-order valence-corrected chi connectivity index (χ0v) is 11.1. The largest absolute Gasteiger partial charge is 0.362 e. The molecule has 1 heterocycles. The van der Waals surface area contributed by atoms with Gasteiger partial charge in [0.15, 0.2) is 5.17 Å². The van der Waals surface area contributed by atoms with Gasteiger partial charge >= 0.3 is 0 Å². The van der Waals surface area contributed by atoms with Crippen LogP contribution in [0.25, 0.3) is 0 Å². The van der Waals surface area contributed by atoms with E-state index >= 15 is 0 Å². The maximum atomic E-state index is 4.58. The van der Waals surface area contributed by atoms with E-state index in [1.54, 1.807) is 0 Å². The summed E-state index contributed by atoms with van der Waals surface area (Å²) in [5, 5.41) is 4.54. The van der Waals surface area contributed by atoms with Crippen LogP contribution < -0.4 is 5.32 Å². The van der Waals surface area contributed by atoms with Crippen molar-refractivity contribution in [2.24, 2.45) is 4.99 Å². The fourth-order valence-corrected chi connectivity index (χ4v) is 2.45. The Balaban J connectivity index is 2.25. The molecule has 1 unspecified atom stereocenters. The van der Waals surface area contributed by atoms with Crippen LogP contribution in [0.2, 0.25) is 0 Å². The van der Waals surface area contributed by atoms with E-state index in [1.165, 1.54) is 12.2 Å². The molecule has 1 atom stereocenters. The average molecular weight is 229 g/mol. The van der Waals surface area contributed by atoms with Gasteiger partial charge in [0.1, 0.15) is 0 Å². The fraction of sp³-hybridized carbons (Fsp3) is 0.909. The standard InChI is InChI=1S/C11H23N3S/c1-9(2)14(4)7-6-12-11-13-10(3)5-8-15-11/h9-10H,5-8H2,1-4H3,(H,12,13). The molecule has 4 heteroatoms. The second-order valence-electron chi connectivity index (χ2n) is 4.44. The predicted octanol–water partition coefficient (Wildman–Crippen LogP) is 1.80. The summed E-state index contributed by atoms with van der Waals surface area (Å²) in [5.74, 6) is 1.20. The number of likely N-dealkylation sites (N-methyl/N-ethyl adjacent to an activating group) is 1. The second-order valence-corrected chi connectivity index (χ2v) is 5.53. The molecular formula is C11H23N3S. The summed E-state index contributed by atoms with van der Waals surface area (Å²) in [6, 6.07) is 1.20. The molecular weight excluding hydrogens is 206 g/mol. The van der Waals surface area contributed by atoms with Gasteiger partial charge in [-0.2, -0.15) is 0 Å². The van der Waals surface area contributed by atoms with Gasteiger partial charge in [0.2, 0.25) is 0 Å². The van der Waals surface area contributed by atoms with Crippen molar-refractivity contribution in [1.29, 1.82) is 0 Å². The Morgan fingerprint density at radius 3 is 2.93 bits per heavy atom. The van der Waals surface area contributed by atoms with Gasteiger partial charge in [0, 0.05) is 24.4 Å². The van der Waals surface area contributed by atoms with E-state index in [-0.39, 0.29) is 0 Å². The summed E-state index contributed by atoms with van der Waals surface area (Å²) in [5.41, 5.74) is 0. The van der Waals surface area contributed by atoms with Crippen LogP contribution in [0.5, 0.6) is 0 Å². The first-order valence-electron chi connectivity index (χ1n) is 5.73. The summed E-state index contributed by atoms with van der Waals surface area (Å²) in [6.07, 6.45) is 1.25. The Hall–Kier alpha value is -0.220. The number of rotatable bonds is 4. The molecule has 15 heavy (non-hydrogen) atoms. The lowest BCUT2D eigenvalue weighted by Gasteiger charge is -2.23. The molecule has 0 saturated carbocycles. The summed E-state index contributed by atoms with van der Waals surface area (Å²) in [7, 11) is 2.15. The Morgan fingerprint density at radius 2 is 2.33 bits per heavy atom. The van der Waals surface area contributed by atoms with E-state index in [9.17, 15) is 0 Å². The molecule has 0 aromatic heterocycles. The fourth-order valence-electron chi connectivity index (χ4n) is 1.32. The first kappa shape index (κ1) is 12.8. The van der Waals surface area contributed by atoms with Gasteiger partial charge in [-0.05, 0) is 34.2 Å². The van der Waals surface area contributed by atoms with E-state index in [2.05, 4.69) is 43.0 Å². The summed E-state index contributed by atoms with van der Waals surface area (Å²) < 4.78 is 0. The van der Waals surface area contributed by atoms with Crippen molar-refractivity contribution in [2.45, 2.75) is 39.3 Å². The number of nitrogens with one attached hydrogen (secondary N) is 1. The van der Waals surface area contributed by atoms with Crippen LogP contribution in [0, 0.1) is 0 Å². The Bertz CT molecular complexity index is 216. The smallest absolute Gasteiger partial charge is 0.156 e. The molecule has 1 fully saturated rings. The van der Waals surface area contributed by atoms with Crippen LogP contribution in [-0.2, 0) is 0 Å². The Labute approximate surface area is 97.7 Å². The van der Waals surface area contributed by atoms with E-state index in [0.29, 0.717) is 12.1 Å². The highest BCUT2D eigenvalue weighted by Crippen LogP contribution is 2.13. The molecule has 3 nitrogen and oxygen atoms in total. The minimum absolute atomic E-state index is 0.591. The average Bonchev–Trinajstić information content (AvgIpc) is 2.17. The Kier molecular flexibility index (Phi) is 5.47. The highest BCUT2D eigenvalue weighted by Gasteiger charge is 2.12. The molecule has 0 aliphatic carbocycles. The van der Waals surface area contributed by atoms with E-state index < -0.39 is 0 Å². The van der Waals surface area contributed by atoms with Crippen molar-refractivity contribution in [3.63, 3.8) is 0 Å². The predicted molar refractivity (Wildman–Crippen MR) is 69.7 cm³/mol. The van der Waals surface area contributed by atoms with Crippen LogP contribution in [0.1, 0.15) is 27.2 Å². The lowest BCUT2D eigenvalue weighted by molar-refractivity contribution is 0.282. The van der Waals surface area contributed by atoms with Crippen LogP contribution in [0.15, 0.2) is 4.99 Å². The quantitative estimate of drug-likeness (QED) is 0.796. The third-order valence-corrected chi connectivity index (χ3v) is 3.71. The molecule has 1 saturated heterocycles. The summed E-state index contributed by atoms with van der Waals surface area (Å²) >= 11 is 1.85. The number of aliphatic imine (C=N–C) groups is 1. The molecule has 0 bridgehead atoms. The minimum Gasteiger partial charge on any atom is -0.362 e. The minimum atomic E-state index is 0.591. The van der Waals surface area contributed by atoms with Crippen LogP contribution in [-0.4, -0.2) is 48.0 Å². The van der Waals surface area contributed by atoms with Gasteiger partial charge in [-0.3, -0.25) is 4.99 Å². The molecule has 1 N–H and O–H groups in total. The molecule has 0 spiro atoms. The zero-order valence-electron chi connectivity index (χ0n) is 10.3. The van der Waals surface area contributed by atoms with Gasteiger partial charge in [0.25, 0.3) is 0 Å². The van der Waals surface area contributed by atoms with Crippen molar-refractivity contribution in [3.8, 4) is 0 Å². The highest BCUT2D eigenvalue weighted by atomic mass is 32.2. The second kappa shape index (κ2) is 6.38. The first-order valence-corrected chi connectivity index (χ1v) is 6.72. The molecule has 0 aromatic rings. The van der Waals surface area contributed by atoms with Crippen LogP contribution in [0.4, 0.5) is 0 Å². The number of amidine groups is 1. The maximum Gasteiger partial charge on any atom is 0.156 e. The van der Waals surface area contributed by atoms with Crippen molar-refractivity contribution >= 4 is 16.9 Å². The van der Waals surface area contributed by atoms with E-state index in [0.717, 1.165) is 18.3 Å². The first-order chi connectivity index (χ1) is 7.09. The van der Waals surface area contributed by atoms with Crippen LogP contribution >= 0.6 is 11.8 Å². The Morgan fingerprint density at radius 1 is 1.60 bits per heavy atom. The van der Waals surface area contributed by atoms with E-state index in [1.807, 2.05) is 11.8 Å². The topological polar surface area (TPSA) is 27.6 Å². The molecule has 1 aliphatic rings. The SMILES string of the molecule is CC1CCSC(=NCCN(C)C(C)C)N1. The maximum absolute atomic E-state index is 4.58. The molecule has 1 rings (SSSR count). The summed E-state index contributed by atoms with van der Waals surface area (Å²) in [6.45, 7) is 8.58. The normalized spacial score (nSPS) is 24.9. The zero-order chi connectivity index (χ0) is 11.3. The monoisotopic (exact) mass is 229 g/mol. The van der Waals surface area contributed by atoms with Gasteiger partial charge in [-0.25, -0.2) is 0 Å².